The lowest BCUT2D eigenvalue weighted by molar-refractivity contribution is -0.0873. The minimum Gasteiger partial charge on any atom is -0.379 e. The van der Waals surface area contributed by atoms with Gasteiger partial charge in [-0.25, -0.2) is 18.4 Å². The van der Waals surface area contributed by atoms with E-state index in [4.69, 9.17) is 4.74 Å². The molecule has 0 radical (unpaired) electrons. The second-order valence-electron chi connectivity index (χ2n) is 6.30. The molecule has 0 saturated carbocycles. The Bertz CT molecular complexity index is 939. The minimum atomic E-state index is -3.84. The Morgan fingerprint density at radius 1 is 1.22 bits per heavy atom. The molecular formula is C16H20N6O4S. The van der Waals surface area contributed by atoms with Crippen molar-refractivity contribution in [3.05, 3.63) is 42.2 Å². The van der Waals surface area contributed by atoms with Crippen LogP contribution in [-0.4, -0.2) is 58.7 Å². The quantitative estimate of drug-likeness (QED) is 0.842. The number of sulfonamides is 1. The summed E-state index contributed by atoms with van der Waals surface area (Å²) >= 11 is 0. The molecule has 2 atom stereocenters. The van der Waals surface area contributed by atoms with E-state index >= 15 is 0 Å². The fourth-order valence-electron chi connectivity index (χ4n) is 3.12. The van der Waals surface area contributed by atoms with E-state index in [1.54, 1.807) is 0 Å². The van der Waals surface area contributed by atoms with Crippen molar-refractivity contribution in [1.82, 2.24) is 18.9 Å². The van der Waals surface area contributed by atoms with Crippen molar-refractivity contribution >= 4 is 15.8 Å². The first-order valence-corrected chi connectivity index (χ1v) is 10.0. The number of aromatic nitrogens is 2. The molecule has 1 aromatic heterocycles. The summed E-state index contributed by atoms with van der Waals surface area (Å²) in [5, 5.41) is 20.0. The lowest BCUT2D eigenvalue weighted by atomic mass is 10.1. The maximum absolute atomic E-state index is 12.9. The second kappa shape index (κ2) is 7.00. The van der Waals surface area contributed by atoms with Gasteiger partial charge < -0.3 is 9.84 Å². The largest absolute Gasteiger partial charge is 0.379 e. The summed E-state index contributed by atoms with van der Waals surface area (Å²) in [6.45, 7) is 3.06. The van der Waals surface area contributed by atoms with Gasteiger partial charge in [-0.1, -0.05) is 35.6 Å². The van der Waals surface area contributed by atoms with Gasteiger partial charge in [0.25, 0.3) is 10.0 Å². The number of hydrogen-bond acceptors (Lipinski definition) is 8. The predicted octanol–water partition coefficient (Wildman–Crippen LogP) is 1.43. The fraction of sp³-hybridized carbons (Fsp3) is 0.438. The topological polar surface area (TPSA) is 113 Å². The van der Waals surface area contributed by atoms with Gasteiger partial charge in [0.2, 0.25) is 17.2 Å². The molecule has 0 spiro atoms. The summed E-state index contributed by atoms with van der Waals surface area (Å²) in [4.78, 5) is 4.01. The van der Waals surface area contributed by atoms with Crippen LogP contribution in [0.3, 0.4) is 0 Å². The van der Waals surface area contributed by atoms with Crippen LogP contribution in [0.2, 0.25) is 0 Å². The zero-order chi connectivity index (χ0) is 19.0. The molecule has 11 heteroatoms. The molecule has 2 aromatic rings. The van der Waals surface area contributed by atoms with Crippen LogP contribution in [0.5, 0.6) is 0 Å². The van der Waals surface area contributed by atoms with E-state index in [1.807, 2.05) is 37.3 Å². The van der Waals surface area contributed by atoms with E-state index in [2.05, 4.69) is 15.3 Å². The number of nitrogens with zero attached hydrogens (tertiary/aromatic N) is 6. The maximum atomic E-state index is 12.9. The van der Waals surface area contributed by atoms with Crippen molar-refractivity contribution < 1.29 is 18.3 Å². The Hall–Kier alpha value is -2.34. The van der Waals surface area contributed by atoms with E-state index in [0.717, 1.165) is 5.56 Å². The molecule has 0 amide bonds. The highest BCUT2D eigenvalue weighted by molar-refractivity contribution is 7.89. The second-order valence-corrected chi connectivity index (χ2v) is 8.15. The van der Waals surface area contributed by atoms with Crippen molar-refractivity contribution in [3.8, 4) is 0 Å². The Morgan fingerprint density at radius 2 is 1.93 bits per heavy atom. The maximum Gasteiger partial charge on any atom is 0.264 e. The lowest BCUT2D eigenvalue weighted by Crippen LogP contribution is -2.41. The van der Waals surface area contributed by atoms with Crippen LogP contribution in [0.15, 0.2) is 52.0 Å². The number of ether oxygens (including phenoxy) is 1. The molecule has 3 heterocycles. The number of morpholine rings is 1. The average molecular weight is 392 g/mol. The van der Waals surface area contributed by atoms with Crippen molar-refractivity contribution in [2.75, 3.05) is 26.3 Å². The summed E-state index contributed by atoms with van der Waals surface area (Å²) in [6, 6.07) is 9.28. The Kier molecular flexibility index (Phi) is 4.68. The molecular weight excluding hydrogens is 372 g/mol. The molecule has 2 unspecified atom stereocenters. The third-order valence-electron chi connectivity index (χ3n) is 4.70. The number of imidazole rings is 1. The third kappa shape index (κ3) is 3.12. The fourth-order valence-corrected chi connectivity index (χ4v) is 4.55. The molecule has 0 aliphatic carbocycles. The van der Waals surface area contributed by atoms with Gasteiger partial charge in [0.15, 0.2) is 0 Å². The van der Waals surface area contributed by atoms with Crippen molar-refractivity contribution in [1.29, 1.82) is 0 Å². The van der Waals surface area contributed by atoms with Crippen LogP contribution < -0.4 is 0 Å². The van der Waals surface area contributed by atoms with Gasteiger partial charge in [-0.15, -0.1) is 5.11 Å². The Morgan fingerprint density at radius 3 is 2.63 bits per heavy atom. The first kappa shape index (κ1) is 18.0. The van der Waals surface area contributed by atoms with Crippen LogP contribution in [0.1, 0.15) is 24.9 Å². The number of benzene rings is 1. The van der Waals surface area contributed by atoms with Crippen LogP contribution in [0.4, 0.5) is 5.82 Å². The zero-order valence-electron chi connectivity index (χ0n) is 14.7. The minimum absolute atomic E-state index is 0.0190. The van der Waals surface area contributed by atoms with Crippen molar-refractivity contribution in [3.63, 3.8) is 0 Å². The molecule has 1 fully saturated rings. The van der Waals surface area contributed by atoms with Gasteiger partial charge in [-0.05, 0) is 12.5 Å². The third-order valence-corrected chi connectivity index (χ3v) is 6.52. The Balaban J connectivity index is 1.64. The van der Waals surface area contributed by atoms with Crippen molar-refractivity contribution in [2.45, 2.75) is 24.3 Å². The molecule has 2 aliphatic rings. The van der Waals surface area contributed by atoms with E-state index in [0.29, 0.717) is 13.2 Å². The van der Waals surface area contributed by atoms with Gasteiger partial charge in [-0.2, -0.15) is 4.31 Å². The van der Waals surface area contributed by atoms with Gasteiger partial charge in [0.1, 0.15) is 6.33 Å². The summed E-state index contributed by atoms with van der Waals surface area (Å²) < 4.78 is 33.5. The normalized spacial score (nSPS) is 21.9. The van der Waals surface area contributed by atoms with Crippen LogP contribution in [0, 0.1) is 0 Å². The summed E-state index contributed by atoms with van der Waals surface area (Å²) in [5.74, 6) is 0.0190. The summed E-state index contributed by atoms with van der Waals surface area (Å²) in [6.07, 6.45) is 0.0600. The molecule has 0 bridgehead atoms. The predicted molar refractivity (Wildman–Crippen MR) is 94.3 cm³/mol. The highest BCUT2D eigenvalue weighted by Gasteiger charge is 2.36. The van der Waals surface area contributed by atoms with Crippen LogP contribution in [0.25, 0.3) is 0 Å². The van der Waals surface area contributed by atoms with Gasteiger partial charge in [0, 0.05) is 13.1 Å². The highest BCUT2D eigenvalue weighted by atomic mass is 32.2. The molecule has 1 aromatic carbocycles. The molecule has 1 N–H and O–H groups in total. The van der Waals surface area contributed by atoms with E-state index in [9.17, 15) is 13.5 Å². The number of hydrogen-bond donors (Lipinski definition) is 1. The van der Waals surface area contributed by atoms with Crippen LogP contribution >= 0.6 is 0 Å². The average Bonchev–Trinajstić information content (AvgIpc) is 3.15. The molecule has 4 rings (SSSR count). The highest BCUT2D eigenvalue weighted by Crippen LogP contribution is 2.37. The molecule has 1 saturated heterocycles. The summed E-state index contributed by atoms with van der Waals surface area (Å²) in [7, 11) is -3.84. The number of fused-ring (bicyclic) bond motifs is 1. The SMILES string of the molecule is CC(c1ccccc1)N1N=Nc2c(S(=O)(=O)N3CCOCC3)ncn2C1O. The lowest BCUT2D eigenvalue weighted by Gasteiger charge is -2.33. The first-order valence-electron chi connectivity index (χ1n) is 8.58. The van der Waals surface area contributed by atoms with E-state index in [1.165, 1.54) is 20.2 Å². The molecule has 2 aliphatic heterocycles. The monoisotopic (exact) mass is 392 g/mol. The van der Waals surface area contributed by atoms with E-state index in [-0.39, 0.29) is 30.0 Å². The van der Waals surface area contributed by atoms with Gasteiger partial charge in [-0.3, -0.25) is 4.57 Å². The van der Waals surface area contributed by atoms with Gasteiger partial charge >= 0.3 is 0 Å². The van der Waals surface area contributed by atoms with E-state index < -0.39 is 16.4 Å². The summed E-state index contributed by atoms with van der Waals surface area (Å²) in [5.41, 5.74) is 0.945. The molecule has 10 nitrogen and oxygen atoms in total. The number of rotatable bonds is 4. The first-order chi connectivity index (χ1) is 13.0. The Labute approximate surface area is 156 Å². The molecule has 27 heavy (non-hydrogen) atoms. The number of aliphatic hydroxyl groups is 1. The van der Waals surface area contributed by atoms with Crippen LogP contribution in [-0.2, 0) is 14.8 Å². The smallest absolute Gasteiger partial charge is 0.264 e. The van der Waals surface area contributed by atoms with Crippen molar-refractivity contribution in [2.24, 2.45) is 10.3 Å². The zero-order valence-corrected chi connectivity index (χ0v) is 15.5. The number of aliphatic hydroxyl groups excluding tert-OH is 1. The standard InChI is InChI=1S/C16H20N6O4S/c1-12(13-5-3-2-4-6-13)22-16(23)21-11-17-15(14(21)18-19-22)27(24,25)20-7-9-26-10-8-20/h2-6,11-12,16,23H,7-10H2,1H3. The molecule has 144 valence electrons. The van der Waals surface area contributed by atoms with Gasteiger partial charge in [0.05, 0.1) is 19.3 Å².